The van der Waals surface area contributed by atoms with Gasteiger partial charge in [-0.1, -0.05) is 36.4 Å². The molecule has 0 fully saturated rings. The summed E-state index contributed by atoms with van der Waals surface area (Å²) in [5, 5.41) is 5.85. The van der Waals surface area contributed by atoms with E-state index in [2.05, 4.69) is 10.6 Å². The van der Waals surface area contributed by atoms with Crippen LogP contribution in [0.25, 0.3) is 0 Å². The Hall–Kier alpha value is -4.58. The first kappa shape index (κ1) is 25.5. The molecule has 0 aromatic heterocycles. The molecular weight excluding hydrogens is 464 g/mol. The molecular formula is C31H30N2O4. The predicted molar refractivity (Wildman–Crippen MR) is 147 cm³/mol. The number of rotatable bonds is 10. The number of ether oxygens (including phenoxy) is 2. The van der Waals surface area contributed by atoms with E-state index < -0.39 is 0 Å². The molecule has 0 aliphatic rings. The lowest BCUT2D eigenvalue weighted by Crippen LogP contribution is -2.12. The van der Waals surface area contributed by atoms with Crippen LogP contribution in [0.3, 0.4) is 0 Å². The van der Waals surface area contributed by atoms with E-state index in [1.165, 1.54) is 0 Å². The van der Waals surface area contributed by atoms with Gasteiger partial charge in [-0.25, -0.2) is 0 Å². The maximum absolute atomic E-state index is 12.6. The Balaban J connectivity index is 1.32. The second kappa shape index (κ2) is 12.4. The van der Waals surface area contributed by atoms with Crippen molar-refractivity contribution in [3.05, 3.63) is 119 Å². The van der Waals surface area contributed by atoms with Crippen molar-refractivity contribution in [1.29, 1.82) is 0 Å². The summed E-state index contributed by atoms with van der Waals surface area (Å²) in [5.74, 6) is 0.979. The summed E-state index contributed by atoms with van der Waals surface area (Å²) in [6.45, 7) is 4.91. The van der Waals surface area contributed by atoms with Gasteiger partial charge in [-0.15, -0.1) is 0 Å². The van der Waals surface area contributed by atoms with E-state index in [1.54, 1.807) is 36.4 Å². The molecule has 0 aliphatic heterocycles. The average molecular weight is 495 g/mol. The summed E-state index contributed by atoms with van der Waals surface area (Å²) in [4.78, 5) is 25.2. The summed E-state index contributed by atoms with van der Waals surface area (Å²) in [6.07, 6.45) is 0.731. The summed E-state index contributed by atoms with van der Waals surface area (Å²) in [6, 6.07) is 29.8. The maximum atomic E-state index is 12.6. The van der Waals surface area contributed by atoms with Crippen LogP contribution >= 0.6 is 0 Å². The van der Waals surface area contributed by atoms with Crippen molar-refractivity contribution in [2.24, 2.45) is 0 Å². The number of carbonyl (C=O) groups is 2. The minimum absolute atomic E-state index is 0.184. The van der Waals surface area contributed by atoms with Crippen LogP contribution < -0.4 is 20.1 Å². The largest absolute Gasteiger partial charge is 0.494 e. The highest BCUT2D eigenvalue weighted by Crippen LogP contribution is 2.19. The number of hydrogen-bond donors (Lipinski definition) is 2. The second-order valence-electron chi connectivity index (χ2n) is 8.40. The van der Waals surface area contributed by atoms with Crippen LogP contribution in [-0.4, -0.2) is 25.0 Å². The topological polar surface area (TPSA) is 76.7 Å². The third-order valence-corrected chi connectivity index (χ3v) is 5.65. The molecule has 188 valence electrons. The SMILES string of the molecule is CCOc1cccc(C(=O)Nc2ccc(Cc3ccc(NC(=O)c4cccc(OCC)c4)cc3)cc2)c1. The van der Waals surface area contributed by atoms with Crippen LogP contribution in [0.2, 0.25) is 0 Å². The molecule has 37 heavy (non-hydrogen) atoms. The van der Waals surface area contributed by atoms with Gasteiger partial charge in [-0.2, -0.15) is 0 Å². The van der Waals surface area contributed by atoms with Crippen molar-refractivity contribution in [3.63, 3.8) is 0 Å². The van der Waals surface area contributed by atoms with E-state index >= 15 is 0 Å². The Morgan fingerprint density at radius 3 is 1.38 bits per heavy atom. The molecule has 6 heteroatoms. The normalized spacial score (nSPS) is 10.4. The van der Waals surface area contributed by atoms with Gasteiger partial charge in [-0.3, -0.25) is 9.59 Å². The molecule has 0 aliphatic carbocycles. The molecule has 2 N–H and O–H groups in total. The van der Waals surface area contributed by atoms with Crippen LogP contribution in [0.15, 0.2) is 97.1 Å². The monoisotopic (exact) mass is 494 g/mol. The highest BCUT2D eigenvalue weighted by Gasteiger charge is 2.09. The van der Waals surface area contributed by atoms with Crippen molar-refractivity contribution in [2.75, 3.05) is 23.8 Å². The van der Waals surface area contributed by atoms with Crippen molar-refractivity contribution < 1.29 is 19.1 Å². The molecule has 0 saturated heterocycles. The van der Waals surface area contributed by atoms with E-state index in [1.807, 2.05) is 74.5 Å². The van der Waals surface area contributed by atoms with Gasteiger partial charge >= 0.3 is 0 Å². The fraction of sp³-hybridized carbons (Fsp3) is 0.161. The fourth-order valence-corrected chi connectivity index (χ4v) is 3.84. The molecule has 0 unspecified atom stereocenters. The zero-order valence-corrected chi connectivity index (χ0v) is 21.0. The number of amides is 2. The first-order valence-electron chi connectivity index (χ1n) is 12.3. The van der Waals surface area contributed by atoms with Crippen LogP contribution in [0.5, 0.6) is 11.5 Å². The number of benzene rings is 4. The molecule has 0 heterocycles. The lowest BCUT2D eigenvalue weighted by Gasteiger charge is -2.10. The van der Waals surface area contributed by atoms with E-state index in [0.29, 0.717) is 35.8 Å². The molecule has 4 aromatic carbocycles. The molecule has 4 aromatic rings. The summed E-state index contributed by atoms with van der Waals surface area (Å²) in [7, 11) is 0. The van der Waals surface area contributed by atoms with Gasteiger partial charge in [0.25, 0.3) is 11.8 Å². The first-order valence-corrected chi connectivity index (χ1v) is 12.3. The zero-order chi connectivity index (χ0) is 26.0. The van der Waals surface area contributed by atoms with E-state index in [-0.39, 0.29) is 11.8 Å². The molecule has 0 spiro atoms. The van der Waals surface area contributed by atoms with Gasteiger partial charge in [0.15, 0.2) is 0 Å². The van der Waals surface area contributed by atoms with Crippen molar-refractivity contribution in [2.45, 2.75) is 20.3 Å². The van der Waals surface area contributed by atoms with Gasteiger partial charge in [0.05, 0.1) is 13.2 Å². The lowest BCUT2D eigenvalue weighted by atomic mass is 10.0. The highest BCUT2D eigenvalue weighted by molar-refractivity contribution is 6.05. The fourth-order valence-electron chi connectivity index (χ4n) is 3.84. The predicted octanol–water partition coefficient (Wildman–Crippen LogP) is 6.58. The Morgan fingerprint density at radius 1 is 0.595 bits per heavy atom. The van der Waals surface area contributed by atoms with Gasteiger partial charge in [0.1, 0.15) is 11.5 Å². The molecule has 4 rings (SSSR count). The standard InChI is InChI=1S/C31H30N2O4/c1-3-36-28-9-5-7-24(20-28)30(34)32-26-15-11-22(12-16-26)19-23-13-17-27(18-14-23)33-31(35)25-8-6-10-29(21-25)37-4-2/h5-18,20-21H,3-4,19H2,1-2H3,(H,32,34)(H,33,35). The van der Waals surface area contributed by atoms with Crippen molar-refractivity contribution in [1.82, 2.24) is 0 Å². The third-order valence-electron chi connectivity index (χ3n) is 5.65. The summed E-state index contributed by atoms with van der Waals surface area (Å²) < 4.78 is 10.9. The van der Waals surface area contributed by atoms with Gasteiger partial charge in [0, 0.05) is 22.5 Å². The molecule has 0 atom stereocenters. The molecule has 2 amide bonds. The van der Waals surface area contributed by atoms with E-state index in [0.717, 1.165) is 28.9 Å². The Bertz CT molecular complexity index is 1240. The van der Waals surface area contributed by atoms with Gasteiger partial charge < -0.3 is 20.1 Å². The highest BCUT2D eigenvalue weighted by atomic mass is 16.5. The molecule has 0 bridgehead atoms. The van der Waals surface area contributed by atoms with E-state index in [9.17, 15) is 9.59 Å². The van der Waals surface area contributed by atoms with Crippen LogP contribution in [0.1, 0.15) is 45.7 Å². The zero-order valence-electron chi connectivity index (χ0n) is 21.0. The minimum Gasteiger partial charge on any atom is -0.494 e. The smallest absolute Gasteiger partial charge is 0.255 e. The Morgan fingerprint density at radius 2 is 1.00 bits per heavy atom. The van der Waals surface area contributed by atoms with Gasteiger partial charge in [0.2, 0.25) is 0 Å². The number of carbonyl (C=O) groups excluding carboxylic acids is 2. The Labute approximate surface area is 217 Å². The van der Waals surface area contributed by atoms with Crippen molar-refractivity contribution >= 4 is 23.2 Å². The lowest BCUT2D eigenvalue weighted by molar-refractivity contribution is 0.101. The molecule has 6 nitrogen and oxygen atoms in total. The quantitative estimate of drug-likeness (QED) is 0.261. The number of nitrogens with one attached hydrogen (secondary N) is 2. The average Bonchev–Trinajstić information content (AvgIpc) is 2.91. The van der Waals surface area contributed by atoms with Gasteiger partial charge in [-0.05, 0) is 92.1 Å². The molecule has 0 radical (unpaired) electrons. The summed E-state index contributed by atoms with van der Waals surface area (Å²) >= 11 is 0. The number of hydrogen-bond acceptors (Lipinski definition) is 4. The third kappa shape index (κ3) is 7.21. The van der Waals surface area contributed by atoms with Crippen LogP contribution in [-0.2, 0) is 6.42 Å². The Kier molecular flexibility index (Phi) is 8.55. The summed E-state index contributed by atoms with van der Waals surface area (Å²) in [5.41, 5.74) is 4.76. The van der Waals surface area contributed by atoms with Crippen LogP contribution in [0.4, 0.5) is 11.4 Å². The minimum atomic E-state index is -0.184. The maximum Gasteiger partial charge on any atom is 0.255 e. The number of anilines is 2. The van der Waals surface area contributed by atoms with E-state index in [4.69, 9.17) is 9.47 Å². The second-order valence-corrected chi connectivity index (χ2v) is 8.40. The van der Waals surface area contributed by atoms with Crippen molar-refractivity contribution in [3.8, 4) is 11.5 Å². The van der Waals surface area contributed by atoms with Crippen LogP contribution in [0, 0.1) is 0 Å². The molecule has 0 saturated carbocycles. The first-order chi connectivity index (χ1) is 18.0.